The van der Waals surface area contributed by atoms with Crippen LogP contribution < -0.4 is 0 Å². The molecule has 3 rings (SSSR count). The number of sulfonamides is 1. The average molecular weight is 441 g/mol. The van der Waals surface area contributed by atoms with Crippen molar-refractivity contribution in [1.82, 2.24) is 19.4 Å². The summed E-state index contributed by atoms with van der Waals surface area (Å²) >= 11 is 3.30. The molecule has 1 N–H and O–H groups in total. The van der Waals surface area contributed by atoms with Crippen LogP contribution in [0.3, 0.4) is 0 Å². The van der Waals surface area contributed by atoms with Gasteiger partial charge in [0.15, 0.2) is 0 Å². The predicted octanol–water partition coefficient (Wildman–Crippen LogP) is 2.27. The maximum absolute atomic E-state index is 12.7. The van der Waals surface area contributed by atoms with Crippen LogP contribution in [0, 0.1) is 0 Å². The van der Waals surface area contributed by atoms with Crippen LogP contribution in [0.2, 0.25) is 0 Å². The Morgan fingerprint density at radius 1 is 1.19 bits per heavy atom. The topological polar surface area (TPSA) is 86.4 Å². The van der Waals surface area contributed by atoms with Crippen LogP contribution in [0.15, 0.2) is 39.7 Å². The minimum atomic E-state index is -3.54. The van der Waals surface area contributed by atoms with E-state index in [-0.39, 0.29) is 23.9 Å². The number of rotatable bonds is 5. The normalized spacial score (nSPS) is 16.0. The number of nitrogens with one attached hydrogen (secondary N) is 1. The van der Waals surface area contributed by atoms with Gasteiger partial charge in [0.2, 0.25) is 10.0 Å². The molecule has 7 nitrogen and oxygen atoms in total. The van der Waals surface area contributed by atoms with E-state index in [4.69, 9.17) is 0 Å². The van der Waals surface area contributed by atoms with Gasteiger partial charge in [0.25, 0.3) is 5.91 Å². The average Bonchev–Trinajstić information content (AvgIpc) is 3.10. The molecule has 0 saturated carbocycles. The molecular formula is C17H21BrN4O3S. The van der Waals surface area contributed by atoms with Gasteiger partial charge in [0.05, 0.1) is 4.90 Å². The van der Waals surface area contributed by atoms with Gasteiger partial charge in [-0.15, -0.1) is 0 Å². The number of halogens is 1. The van der Waals surface area contributed by atoms with Gasteiger partial charge < -0.3 is 4.90 Å². The molecule has 0 atom stereocenters. The summed E-state index contributed by atoms with van der Waals surface area (Å²) in [5, 5.41) is 6.96. The molecule has 0 spiro atoms. The monoisotopic (exact) mass is 440 g/mol. The number of H-pyrrole nitrogens is 1. The van der Waals surface area contributed by atoms with Crippen LogP contribution in [0.4, 0.5) is 0 Å². The maximum atomic E-state index is 12.7. The highest BCUT2D eigenvalue weighted by Gasteiger charge is 2.31. The smallest absolute Gasteiger partial charge is 0.274 e. The second-order valence-corrected chi connectivity index (χ2v) is 9.03. The number of carbonyl (C=O) groups excluding carboxylic acids is 1. The van der Waals surface area contributed by atoms with Gasteiger partial charge in [-0.05, 0) is 36.8 Å². The quantitative estimate of drug-likeness (QED) is 0.772. The van der Waals surface area contributed by atoms with E-state index in [9.17, 15) is 13.2 Å². The Kier molecular flexibility index (Phi) is 5.79. The first-order valence-corrected chi connectivity index (χ1v) is 10.7. The number of hydrogen-bond acceptors (Lipinski definition) is 4. The molecule has 0 unspecified atom stereocenters. The molecule has 1 amide bonds. The zero-order valence-electron chi connectivity index (χ0n) is 14.5. The lowest BCUT2D eigenvalue weighted by Gasteiger charge is -2.33. The molecule has 26 heavy (non-hydrogen) atoms. The number of hydrogen-bond donors (Lipinski definition) is 1. The van der Waals surface area contributed by atoms with E-state index in [2.05, 4.69) is 33.1 Å². The Balaban J connectivity index is 1.64. The van der Waals surface area contributed by atoms with Gasteiger partial charge in [-0.3, -0.25) is 9.89 Å². The van der Waals surface area contributed by atoms with Crippen molar-refractivity contribution < 1.29 is 13.2 Å². The predicted molar refractivity (Wildman–Crippen MR) is 101 cm³/mol. The highest BCUT2D eigenvalue weighted by atomic mass is 79.9. The molecular weight excluding hydrogens is 420 g/mol. The molecule has 1 aromatic heterocycles. The van der Waals surface area contributed by atoms with Crippen molar-refractivity contribution in [3.8, 4) is 0 Å². The lowest BCUT2D eigenvalue weighted by molar-refractivity contribution is 0.0692. The van der Waals surface area contributed by atoms with E-state index in [1.165, 1.54) is 4.31 Å². The molecule has 2 heterocycles. The summed E-state index contributed by atoms with van der Waals surface area (Å²) in [6.45, 7) is 3.31. The SMILES string of the molecule is CCCc1cc(C(=O)N2CCN(S(=O)(=O)c3ccc(Br)cc3)CC2)n[nH]1. The number of carbonyl (C=O) groups is 1. The van der Waals surface area contributed by atoms with E-state index >= 15 is 0 Å². The zero-order chi connectivity index (χ0) is 18.7. The summed E-state index contributed by atoms with van der Waals surface area (Å²) in [5.74, 6) is -0.163. The summed E-state index contributed by atoms with van der Waals surface area (Å²) in [6.07, 6.45) is 1.82. The molecule has 0 radical (unpaired) electrons. The third-order valence-electron chi connectivity index (χ3n) is 4.35. The lowest BCUT2D eigenvalue weighted by atomic mass is 10.2. The highest BCUT2D eigenvalue weighted by Crippen LogP contribution is 2.20. The lowest BCUT2D eigenvalue weighted by Crippen LogP contribution is -2.50. The Labute approximate surface area is 161 Å². The van der Waals surface area contributed by atoms with Crippen molar-refractivity contribution in [1.29, 1.82) is 0 Å². The molecule has 1 aliphatic heterocycles. The number of benzene rings is 1. The van der Waals surface area contributed by atoms with E-state index in [1.54, 1.807) is 35.2 Å². The maximum Gasteiger partial charge on any atom is 0.274 e. The Morgan fingerprint density at radius 2 is 1.85 bits per heavy atom. The largest absolute Gasteiger partial charge is 0.335 e. The van der Waals surface area contributed by atoms with Crippen molar-refractivity contribution in [2.75, 3.05) is 26.2 Å². The molecule has 0 bridgehead atoms. The van der Waals surface area contributed by atoms with E-state index < -0.39 is 10.0 Å². The number of aryl methyl sites for hydroxylation is 1. The van der Waals surface area contributed by atoms with Crippen LogP contribution in [-0.2, 0) is 16.4 Å². The first-order valence-electron chi connectivity index (χ1n) is 8.51. The molecule has 1 aromatic carbocycles. The van der Waals surface area contributed by atoms with Crippen molar-refractivity contribution in [2.45, 2.75) is 24.7 Å². The zero-order valence-corrected chi connectivity index (χ0v) is 16.9. The molecule has 9 heteroatoms. The Hall–Kier alpha value is -1.71. The Morgan fingerprint density at radius 3 is 2.46 bits per heavy atom. The standard InChI is InChI=1S/C17H21BrN4O3S/c1-2-3-14-12-16(20-19-14)17(23)21-8-10-22(11-9-21)26(24,25)15-6-4-13(18)5-7-15/h4-7,12H,2-3,8-11H2,1H3,(H,19,20). The first-order chi connectivity index (χ1) is 12.4. The molecule has 1 aliphatic rings. The molecule has 1 fully saturated rings. The van der Waals surface area contributed by atoms with Gasteiger partial charge in [-0.1, -0.05) is 29.3 Å². The van der Waals surface area contributed by atoms with Crippen LogP contribution in [0.1, 0.15) is 29.5 Å². The molecule has 2 aromatic rings. The molecule has 140 valence electrons. The van der Waals surface area contributed by atoms with E-state index in [1.807, 2.05) is 0 Å². The summed E-state index contributed by atoms with van der Waals surface area (Å²) in [4.78, 5) is 14.5. The van der Waals surface area contributed by atoms with Crippen LogP contribution >= 0.6 is 15.9 Å². The van der Waals surface area contributed by atoms with Gasteiger partial charge in [-0.2, -0.15) is 9.40 Å². The number of nitrogens with zero attached hydrogens (tertiary/aromatic N) is 3. The third kappa shape index (κ3) is 3.99. The number of aromatic nitrogens is 2. The minimum Gasteiger partial charge on any atom is -0.335 e. The summed E-state index contributed by atoms with van der Waals surface area (Å²) in [6, 6.07) is 8.35. The third-order valence-corrected chi connectivity index (χ3v) is 6.79. The van der Waals surface area contributed by atoms with Crippen molar-refractivity contribution in [3.05, 3.63) is 46.2 Å². The summed E-state index contributed by atoms with van der Waals surface area (Å²) in [7, 11) is -3.54. The molecule has 0 aliphatic carbocycles. The number of piperazine rings is 1. The van der Waals surface area contributed by atoms with E-state index in [0.717, 1.165) is 23.0 Å². The van der Waals surface area contributed by atoms with Gasteiger partial charge in [0.1, 0.15) is 5.69 Å². The highest BCUT2D eigenvalue weighted by molar-refractivity contribution is 9.10. The van der Waals surface area contributed by atoms with E-state index in [0.29, 0.717) is 18.8 Å². The second kappa shape index (κ2) is 7.89. The van der Waals surface area contributed by atoms with Gasteiger partial charge >= 0.3 is 0 Å². The number of amides is 1. The first kappa shape index (κ1) is 19.1. The van der Waals surface area contributed by atoms with Crippen molar-refractivity contribution in [2.24, 2.45) is 0 Å². The van der Waals surface area contributed by atoms with Gasteiger partial charge in [-0.25, -0.2) is 8.42 Å². The molecule has 1 saturated heterocycles. The van der Waals surface area contributed by atoms with Crippen LogP contribution in [0.25, 0.3) is 0 Å². The summed E-state index contributed by atoms with van der Waals surface area (Å²) in [5.41, 5.74) is 1.32. The van der Waals surface area contributed by atoms with Crippen LogP contribution in [-0.4, -0.2) is 59.9 Å². The van der Waals surface area contributed by atoms with Crippen molar-refractivity contribution >= 4 is 31.9 Å². The number of aromatic amines is 1. The fourth-order valence-corrected chi connectivity index (χ4v) is 4.60. The second-order valence-electron chi connectivity index (χ2n) is 6.18. The Bertz CT molecular complexity index is 872. The summed E-state index contributed by atoms with van der Waals surface area (Å²) < 4.78 is 27.7. The minimum absolute atomic E-state index is 0.163. The fourth-order valence-electron chi connectivity index (χ4n) is 2.92. The fraction of sp³-hybridized carbons (Fsp3) is 0.412. The van der Waals surface area contributed by atoms with Crippen LogP contribution in [0.5, 0.6) is 0 Å². The van der Waals surface area contributed by atoms with Crippen molar-refractivity contribution in [3.63, 3.8) is 0 Å². The van der Waals surface area contributed by atoms with Gasteiger partial charge in [0, 0.05) is 36.3 Å².